The van der Waals surface area contributed by atoms with Crippen LogP contribution in [0.3, 0.4) is 0 Å². The molecular weight excluding hydrogens is 164 g/mol. The number of hydrogen-bond acceptors (Lipinski definition) is 2. The first-order chi connectivity index (χ1) is 6.31. The minimum Gasteiger partial charge on any atom is -0.396 e. The lowest BCUT2D eigenvalue weighted by atomic mass is 10.1. The van der Waals surface area contributed by atoms with Crippen LogP contribution >= 0.6 is 0 Å². The van der Waals surface area contributed by atoms with E-state index in [2.05, 4.69) is 6.92 Å². The van der Waals surface area contributed by atoms with E-state index in [9.17, 15) is 5.11 Å². The monoisotopic (exact) mass is 188 g/mol. The average molecular weight is 188 g/mol. The lowest BCUT2D eigenvalue weighted by molar-refractivity contribution is 0.122. The molecule has 1 atom stereocenters. The third-order valence-electron chi connectivity index (χ3n) is 2.35. The van der Waals surface area contributed by atoms with Gasteiger partial charge in [0.15, 0.2) is 0 Å². The third-order valence-corrected chi connectivity index (χ3v) is 2.35. The van der Waals surface area contributed by atoms with Crippen LogP contribution in [-0.4, -0.2) is 22.9 Å². The van der Waals surface area contributed by atoms with Gasteiger partial charge in [0.1, 0.15) is 0 Å². The molecule has 0 saturated heterocycles. The molecule has 1 unspecified atom stereocenters. The minimum atomic E-state index is -0.281. The van der Waals surface area contributed by atoms with E-state index in [1.54, 1.807) is 0 Å². The molecule has 0 fully saturated rings. The van der Waals surface area contributed by atoms with Gasteiger partial charge in [-0.1, -0.05) is 45.4 Å². The summed E-state index contributed by atoms with van der Waals surface area (Å²) in [5.41, 5.74) is 0. The van der Waals surface area contributed by atoms with Crippen molar-refractivity contribution in [1.29, 1.82) is 0 Å². The Hall–Kier alpha value is -0.0800. The molecule has 0 amide bonds. The minimum absolute atomic E-state index is 0.108. The summed E-state index contributed by atoms with van der Waals surface area (Å²) < 4.78 is 0. The molecule has 80 valence electrons. The Morgan fingerprint density at radius 2 is 1.54 bits per heavy atom. The first kappa shape index (κ1) is 12.9. The third kappa shape index (κ3) is 9.84. The molecule has 0 aromatic carbocycles. The predicted octanol–water partition coefficient (Wildman–Crippen LogP) is 2.48. The van der Waals surface area contributed by atoms with Gasteiger partial charge in [0, 0.05) is 6.61 Å². The van der Waals surface area contributed by atoms with E-state index in [1.807, 2.05) is 0 Å². The van der Waals surface area contributed by atoms with Crippen molar-refractivity contribution in [2.45, 2.75) is 64.4 Å². The smallest absolute Gasteiger partial charge is 0.0562 e. The fraction of sp³-hybridized carbons (Fsp3) is 1.00. The van der Waals surface area contributed by atoms with E-state index in [-0.39, 0.29) is 12.7 Å². The Bertz CT molecular complexity index is 94.1. The summed E-state index contributed by atoms with van der Waals surface area (Å²) >= 11 is 0. The van der Waals surface area contributed by atoms with E-state index in [1.165, 1.54) is 32.1 Å². The van der Waals surface area contributed by atoms with Gasteiger partial charge in [0.25, 0.3) is 0 Å². The normalized spacial score (nSPS) is 13.2. The first-order valence-corrected chi connectivity index (χ1v) is 5.60. The van der Waals surface area contributed by atoms with Crippen molar-refractivity contribution in [3.8, 4) is 0 Å². The maximum atomic E-state index is 9.29. The zero-order valence-electron chi connectivity index (χ0n) is 8.84. The molecule has 0 radical (unpaired) electrons. The summed E-state index contributed by atoms with van der Waals surface area (Å²) in [6, 6.07) is 0. The molecule has 0 aliphatic rings. The standard InChI is InChI=1S/C11H24O2/c1-2-3-4-5-6-7-8-11(13)9-10-12/h11-13H,2-10H2,1H3. The van der Waals surface area contributed by atoms with E-state index < -0.39 is 0 Å². The summed E-state index contributed by atoms with van der Waals surface area (Å²) in [5.74, 6) is 0. The maximum Gasteiger partial charge on any atom is 0.0562 e. The highest BCUT2D eigenvalue weighted by atomic mass is 16.3. The molecule has 0 heterocycles. The Balaban J connectivity index is 2.97. The Morgan fingerprint density at radius 3 is 2.15 bits per heavy atom. The summed E-state index contributed by atoms with van der Waals surface area (Å²) in [5, 5.41) is 17.8. The molecule has 13 heavy (non-hydrogen) atoms. The summed E-state index contributed by atoms with van der Waals surface area (Å²) in [4.78, 5) is 0. The summed E-state index contributed by atoms with van der Waals surface area (Å²) in [6.07, 6.45) is 8.67. The summed E-state index contributed by atoms with van der Waals surface area (Å²) in [6.45, 7) is 2.32. The van der Waals surface area contributed by atoms with Crippen LogP contribution in [0, 0.1) is 0 Å². The van der Waals surface area contributed by atoms with E-state index in [0.717, 1.165) is 12.8 Å². The molecule has 0 aromatic rings. The van der Waals surface area contributed by atoms with E-state index in [0.29, 0.717) is 6.42 Å². The van der Waals surface area contributed by atoms with Crippen LogP contribution < -0.4 is 0 Å². The van der Waals surface area contributed by atoms with Crippen LogP contribution in [0.4, 0.5) is 0 Å². The fourth-order valence-corrected chi connectivity index (χ4v) is 1.45. The van der Waals surface area contributed by atoms with Gasteiger partial charge in [0.05, 0.1) is 6.10 Å². The Morgan fingerprint density at radius 1 is 0.923 bits per heavy atom. The van der Waals surface area contributed by atoms with E-state index in [4.69, 9.17) is 5.11 Å². The molecule has 0 bridgehead atoms. The summed E-state index contributed by atoms with van der Waals surface area (Å²) in [7, 11) is 0. The lowest BCUT2D eigenvalue weighted by Gasteiger charge is -2.07. The molecule has 2 heteroatoms. The zero-order valence-corrected chi connectivity index (χ0v) is 8.84. The molecule has 0 spiro atoms. The van der Waals surface area contributed by atoms with Crippen LogP contribution in [0.1, 0.15) is 58.3 Å². The van der Waals surface area contributed by atoms with Gasteiger partial charge in [-0.05, 0) is 12.8 Å². The number of rotatable bonds is 9. The number of hydrogen-bond donors (Lipinski definition) is 2. The van der Waals surface area contributed by atoms with Crippen molar-refractivity contribution in [2.24, 2.45) is 0 Å². The average Bonchev–Trinajstić information content (AvgIpc) is 2.11. The Kier molecular flexibility index (Phi) is 9.94. The highest BCUT2D eigenvalue weighted by molar-refractivity contribution is 4.55. The van der Waals surface area contributed by atoms with Crippen LogP contribution in [-0.2, 0) is 0 Å². The SMILES string of the molecule is CCCCCCCCC(O)CCO. The highest BCUT2D eigenvalue weighted by Gasteiger charge is 2.01. The molecular formula is C11H24O2. The number of aliphatic hydroxyl groups excluding tert-OH is 2. The van der Waals surface area contributed by atoms with Gasteiger partial charge in [-0.15, -0.1) is 0 Å². The molecule has 0 aromatic heterocycles. The van der Waals surface area contributed by atoms with Gasteiger partial charge in [-0.2, -0.15) is 0 Å². The molecule has 0 aliphatic heterocycles. The molecule has 0 saturated carbocycles. The van der Waals surface area contributed by atoms with Crippen molar-refractivity contribution in [3.63, 3.8) is 0 Å². The Labute approximate surface area is 82.0 Å². The number of unbranched alkanes of at least 4 members (excludes halogenated alkanes) is 5. The topological polar surface area (TPSA) is 40.5 Å². The fourth-order valence-electron chi connectivity index (χ4n) is 1.45. The predicted molar refractivity (Wildman–Crippen MR) is 55.7 cm³/mol. The molecule has 2 nitrogen and oxygen atoms in total. The molecule has 0 rings (SSSR count). The molecule has 2 N–H and O–H groups in total. The highest BCUT2D eigenvalue weighted by Crippen LogP contribution is 2.09. The van der Waals surface area contributed by atoms with Crippen molar-refractivity contribution < 1.29 is 10.2 Å². The van der Waals surface area contributed by atoms with Gasteiger partial charge in [-0.3, -0.25) is 0 Å². The number of aliphatic hydroxyl groups is 2. The second-order valence-electron chi connectivity index (χ2n) is 3.72. The van der Waals surface area contributed by atoms with Crippen molar-refractivity contribution in [1.82, 2.24) is 0 Å². The van der Waals surface area contributed by atoms with Crippen LogP contribution in [0.5, 0.6) is 0 Å². The van der Waals surface area contributed by atoms with Crippen molar-refractivity contribution in [2.75, 3.05) is 6.61 Å². The van der Waals surface area contributed by atoms with Crippen LogP contribution in [0.15, 0.2) is 0 Å². The maximum absolute atomic E-state index is 9.29. The lowest BCUT2D eigenvalue weighted by Crippen LogP contribution is -2.08. The largest absolute Gasteiger partial charge is 0.396 e. The van der Waals surface area contributed by atoms with Gasteiger partial charge < -0.3 is 10.2 Å². The second kappa shape index (κ2) is 10.0. The van der Waals surface area contributed by atoms with Gasteiger partial charge >= 0.3 is 0 Å². The van der Waals surface area contributed by atoms with Gasteiger partial charge in [0.2, 0.25) is 0 Å². The van der Waals surface area contributed by atoms with Crippen molar-refractivity contribution >= 4 is 0 Å². The second-order valence-corrected chi connectivity index (χ2v) is 3.72. The van der Waals surface area contributed by atoms with Crippen LogP contribution in [0.2, 0.25) is 0 Å². The van der Waals surface area contributed by atoms with Crippen molar-refractivity contribution in [3.05, 3.63) is 0 Å². The zero-order chi connectivity index (χ0) is 9.94. The van der Waals surface area contributed by atoms with E-state index >= 15 is 0 Å². The molecule has 0 aliphatic carbocycles. The van der Waals surface area contributed by atoms with Gasteiger partial charge in [-0.25, -0.2) is 0 Å². The first-order valence-electron chi connectivity index (χ1n) is 5.60. The quantitative estimate of drug-likeness (QED) is 0.546. The van der Waals surface area contributed by atoms with Crippen LogP contribution in [0.25, 0.3) is 0 Å².